The van der Waals surface area contributed by atoms with E-state index in [1.807, 2.05) is 0 Å². The normalized spacial score (nSPS) is 31.4. The van der Waals surface area contributed by atoms with Crippen molar-refractivity contribution in [3.05, 3.63) is 22.7 Å². The Morgan fingerprint density at radius 1 is 1.43 bits per heavy atom. The summed E-state index contributed by atoms with van der Waals surface area (Å²) in [5.41, 5.74) is -0.754. The highest BCUT2D eigenvalue weighted by Crippen LogP contribution is 2.26. The van der Waals surface area contributed by atoms with Gasteiger partial charge in [0.2, 0.25) is 5.91 Å². The van der Waals surface area contributed by atoms with Gasteiger partial charge in [0.25, 0.3) is 0 Å². The van der Waals surface area contributed by atoms with Crippen molar-refractivity contribution in [3.63, 3.8) is 0 Å². The molecule has 2 heterocycles. The van der Waals surface area contributed by atoms with Crippen molar-refractivity contribution < 1.29 is 30.0 Å². The molecule has 0 bridgehead atoms. The average Bonchev–Trinajstić information content (AvgIpc) is 2.58. The monoisotopic (exact) mass is 329 g/mol. The van der Waals surface area contributed by atoms with Gasteiger partial charge in [-0.2, -0.15) is 4.98 Å². The Morgan fingerprint density at radius 2 is 2.13 bits per heavy atom. The summed E-state index contributed by atoms with van der Waals surface area (Å²) < 4.78 is 6.46. The number of amides is 1. The predicted octanol–water partition coefficient (Wildman–Crippen LogP) is -2.44. The molecule has 1 amide bonds. The summed E-state index contributed by atoms with van der Waals surface area (Å²) in [6.45, 7) is 0.667. The maximum atomic E-state index is 12.0. The molecule has 1 saturated heterocycles. The summed E-state index contributed by atoms with van der Waals surface area (Å²) in [6.07, 6.45) is -5.46. The molecule has 0 spiro atoms. The van der Waals surface area contributed by atoms with E-state index in [0.717, 1.165) is 4.57 Å². The zero-order chi connectivity index (χ0) is 17.1. The lowest BCUT2D eigenvalue weighted by Gasteiger charge is -2.24. The summed E-state index contributed by atoms with van der Waals surface area (Å²) >= 11 is 0. The number of aliphatic hydroxyl groups is 4. The van der Waals surface area contributed by atoms with Crippen molar-refractivity contribution in [3.8, 4) is 0 Å². The number of carbonyl (C=O) groups is 1. The third-order valence-corrected chi connectivity index (χ3v) is 3.52. The summed E-state index contributed by atoms with van der Waals surface area (Å²) in [4.78, 5) is 26.7. The molecule has 10 nitrogen and oxygen atoms in total. The molecule has 23 heavy (non-hydrogen) atoms. The van der Waals surface area contributed by atoms with Crippen molar-refractivity contribution >= 4 is 11.7 Å². The number of hydrogen-bond acceptors (Lipinski definition) is 8. The second kappa shape index (κ2) is 7.15. The summed E-state index contributed by atoms with van der Waals surface area (Å²) in [6, 6.07) is 1.37. The molecule has 0 radical (unpaired) electrons. The first-order valence-electron chi connectivity index (χ1n) is 7.00. The second-order valence-corrected chi connectivity index (χ2v) is 5.28. The molecule has 1 fully saturated rings. The highest BCUT2D eigenvalue weighted by atomic mass is 16.5. The molecule has 0 unspecified atom stereocenters. The molecule has 5 atom stereocenters. The van der Waals surface area contributed by atoms with Crippen LogP contribution in [0.1, 0.15) is 19.6 Å². The largest absolute Gasteiger partial charge is 0.394 e. The van der Waals surface area contributed by atoms with Crippen LogP contribution in [0.2, 0.25) is 0 Å². The third-order valence-electron chi connectivity index (χ3n) is 3.52. The maximum Gasteiger partial charge on any atom is 0.351 e. The first kappa shape index (κ1) is 17.5. The van der Waals surface area contributed by atoms with E-state index in [9.17, 15) is 30.0 Å². The number of hydrogen-bond donors (Lipinski definition) is 5. The van der Waals surface area contributed by atoms with Gasteiger partial charge >= 0.3 is 5.69 Å². The molecule has 1 aliphatic rings. The van der Waals surface area contributed by atoms with Crippen LogP contribution in [0.4, 0.5) is 5.82 Å². The highest BCUT2D eigenvalue weighted by Gasteiger charge is 2.39. The van der Waals surface area contributed by atoms with Crippen molar-refractivity contribution in [2.45, 2.75) is 44.0 Å². The number of anilines is 1. The van der Waals surface area contributed by atoms with Gasteiger partial charge in [-0.05, 0) is 6.07 Å². The standard InChI is InChI=1S/C13H19N3O7/c1-6(18)14-9-2-3-16(13(22)15-9)10-4-7(19)11(20)12(21)8(5-17)23-10/h2-3,7-8,10-12,17,19-21H,4-5H2,1H3,(H,14,15,18,22)/t7-,8+,10+,11+,12+/m0/s1. The maximum absolute atomic E-state index is 12.0. The first-order chi connectivity index (χ1) is 10.8. The molecule has 0 aromatic carbocycles. The fourth-order valence-electron chi connectivity index (χ4n) is 2.34. The summed E-state index contributed by atoms with van der Waals surface area (Å²) in [5.74, 6) is -0.325. The molecule has 5 N–H and O–H groups in total. The lowest BCUT2D eigenvalue weighted by Crippen LogP contribution is -2.44. The van der Waals surface area contributed by atoms with E-state index in [1.54, 1.807) is 0 Å². The average molecular weight is 329 g/mol. The molecule has 0 saturated carbocycles. The third kappa shape index (κ3) is 3.92. The first-order valence-corrected chi connectivity index (χ1v) is 7.00. The number of nitrogens with zero attached hydrogens (tertiary/aromatic N) is 2. The Morgan fingerprint density at radius 3 is 2.70 bits per heavy atom. The van der Waals surface area contributed by atoms with Crippen LogP contribution in [0.3, 0.4) is 0 Å². The Labute approximate surface area is 131 Å². The molecule has 1 aliphatic heterocycles. The minimum absolute atomic E-state index is 0.0618. The Bertz CT molecular complexity index is 620. The van der Waals surface area contributed by atoms with Gasteiger partial charge in [0, 0.05) is 19.5 Å². The lowest BCUT2D eigenvalue weighted by atomic mass is 10.0. The molecule has 128 valence electrons. The van der Waals surface area contributed by atoms with Gasteiger partial charge in [-0.15, -0.1) is 0 Å². The topological polar surface area (TPSA) is 154 Å². The number of carbonyl (C=O) groups excluding carboxylic acids is 1. The SMILES string of the molecule is CC(=O)Nc1ccn([C@H]2C[C@H](O)[C@@H](O)[C@H](O)[C@@H](CO)O2)c(=O)n1. The molecular formula is C13H19N3O7. The van der Waals surface area contributed by atoms with E-state index in [0.29, 0.717) is 0 Å². The van der Waals surface area contributed by atoms with Crippen molar-refractivity contribution in [1.29, 1.82) is 0 Å². The number of ether oxygens (including phenoxy) is 1. The smallest absolute Gasteiger partial charge is 0.351 e. The lowest BCUT2D eigenvalue weighted by molar-refractivity contribution is -0.132. The zero-order valence-electron chi connectivity index (χ0n) is 12.4. The van der Waals surface area contributed by atoms with E-state index in [4.69, 9.17) is 4.74 Å². The number of aromatic nitrogens is 2. The van der Waals surface area contributed by atoms with E-state index in [-0.39, 0.29) is 18.1 Å². The second-order valence-electron chi connectivity index (χ2n) is 5.28. The van der Waals surface area contributed by atoms with E-state index in [2.05, 4.69) is 10.3 Å². The van der Waals surface area contributed by atoms with Crippen molar-refractivity contribution in [1.82, 2.24) is 9.55 Å². The van der Waals surface area contributed by atoms with Crippen LogP contribution in [0.15, 0.2) is 17.1 Å². The van der Waals surface area contributed by atoms with E-state index >= 15 is 0 Å². The van der Waals surface area contributed by atoms with Crippen LogP contribution < -0.4 is 11.0 Å². The minimum atomic E-state index is -1.51. The fraction of sp³-hybridized carbons (Fsp3) is 0.615. The molecule has 1 aromatic heterocycles. The zero-order valence-corrected chi connectivity index (χ0v) is 12.4. The fourth-order valence-corrected chi connectivity index (χ4v) is 2.34. The van der Waals surface area contributed by atoms with Gasteiger partial charge in [-0.3, -0.25) is 9.36 Å². The van der Waals surface area contributed by atoms with Gasteiger partial charge in [-0.1, -0.05) is 0 Å². The van der Waals surface area contributed by atoms with Crippen molar-refractivity contribution in [2.75, 3.05) is 11.9 Å². The van der Waals surface area contributed by atoms with Crippen molar-refractivity contribution in [2.24, 2.45) is 0 Å². The molecule has 2 rings (SSSR count). The Balaban J connectivity index is 2.29. The van der Waals surface area contributed by atoms with E-state index in [1.165, 1.54) is 19.2 Å². The molecule has 10 heteroatoms. The molecule has 1 aromatic rings. The number of nitrogens with one attached hydrogen (secondary N) is 1. The summed E-state index contributed by atoms with van der Waals surface area (Å²) in [7, 11) is 0. The molecular weight excluding hydrogens is 310 g/mol. The van der Waals surface area contributed by atoms with E-state index < -0.39 is 42.9 Å². The van der Waals surface area contributed by atoms with Gasteiger partial charge in [0.05, 0.1) is 12.7 Å². The summed E-state index contributed by atoms with van der Waals surface area (Å²) in [5, 5.41) is 41.1. The van der Waals surface area contributed by atoms with Gasteiger partial charge in [-0.25, -0.2) is 4.79 Å². The quantitative estimate of drug-likeness (QED) is 0.410. The van der Waals surface area contributed by atoms with Gasteiger partial charge in [0.1, 0.15) is 30.4 Å². The minimum Gasteiger partial charge on any atom is -0.394 e. The van der Waals surface area contributed by atoms with Crippen LogP contribution in [0, 0.1) is 0 Å². The van der Waals surface area contributed by atoms with Gasteiger partial charge in [0.15, 0.2) is 0 Å². The van der Waals surface area contributed by atoms with Crippen LogP contribution in [0.5, 0.6) is 0 Å². The van der Waals surface area contributed by atoms with Gasteiger partial charge < -0.3 is 30.5 Å². The van der Waals surface area contributed by atoms with Crippen LogP contribution >= 0.6 is 0 Å². The van der Waals surface area contributed by atoms with Crippen LogP contribution in [-0.4, -0.2) is 66.9 Å². The number of aliphatic hydroxyl groups excluding tert-OH is 4. The predicted molar refractivity (Wildman–Crippen MR) is 76.4 cm³/mol. The Hall–Kier alpha value is -1.85. The molecule has 0 aliphatic carbocycles. The Kier molecular flexibility index (Phi) is 5.44. The number of rotatable bonds is 3. The van der Waals surface area contributed by atoms with Crippen LogP contribution in [0.25, 0.3) is 0 Å². The highest BCUT2D eigenvalue weighted by molar-refractivity contribution is 5.87. The van der Waals surface area contributed by atoms with Crippen LogP contribution in [-0.2, 0) is 9.53 Å².